The SMILES string of the molecule is Cc1cc(C(=O)N2CCC3(CC2)c2ccc(C(=O)C(F)(F)F)n2CCN3C)ccc1C(C)(C)O. The van der Waals surface area contributed by atoms with Gasteiger partial charge in [0.15, 0.2) is 0 Å². The van der Waals surface area contributed by atoms with Crippen molar-refractivity contribution >= 4 is 11.7 Å². The Balaban J connectivity index is 1.56. The highest BCUT2D eigenvalue weighted by Crippen LogP contribution is 2.42. The van der Waals surface area contributed by atoms with Gasteiger partial charge < -0.3 is 14.6 Å². The van der Waals surface area contributed by atoms with Gasteiger partial charge in [0.05, 0.1) is 16.8 Å². The number of fused-ring (bicyclic) bond motifs is 2. The first kappa shape index (κ1) is 24.5. The maximum atomic E-state index is 13.2. The van der Waals surface area contributed by atoms with Gasteiger partial charge in [-0.05, 0) is 76.1 Å². The summed E-state index contributed by atoms with van der Waals surface area (Å²) in [6.45, 7) is 6.99. The number of likely N-dealkylation sites (tertiary alicyclic amines) is 1. The first-order valence-electron chi connectivity index (χ1n) is 11.4. The van der Waals surface area contributed by atoms with Gasteiger partial charge >= 0.3 is 6.18 Å². The number of carbonyl (C=O) groups is 2. The van der Waals surface area contributed by atoms with Gasteiger partial charge in [-0.15, -0.1) is 0 Å². The topological polar surface area (TPSA) is 65.8 Å². The van der Waals surface area contributed by atoms with Gasteiger partial charge in [-0.3, -0.25) is 14.5 Å². The van der Waals surface area contributed by atoms with Crippen molar-refractivity contribution in [1.82, 2.24) is 14.4 Å². The van der Waals surface area contributed by atoms with E-state index in [0.717, 1.165) is 11.1 Å². The maximum Gasteiger partial charge on any atom is 0.456 e. The van der Waals surface area contributed by atoms with Crippen molar-refractivity contribution in [3.05, 3.63) is 58.4 Å². The number of benzene rings is 1. The van der Waals surface area contributed by atoms with Gasteiger partial charge in [0.1, 0.15) is 0 Å². The highest BCUT2D eigenvalue weighted by atomic mass is 19.4. The lowest BCUT2D eigenvalue weighted by molar-refractivity contribution is -0.0892. The summed E-state index contributed by atoms with van der Waals surface area (Å²) in [6.07, 6.45) is -3.81. The Hall–Kier alpha value is -2.65. The molecule has 1 fully saturated rings. The van der Waals surface area contributed by atoms with E-state index in [1.54, 1.807) is 43.0 Å². The molecule has 2 aromatic rings. The van der Waals surface area contributed by atoms with Crippen LogP contribution >= 0.6 is 0 Å². The number of Topliss-reactive ketones (excluding diaryl/α,β-unsaturated/α-hetero) is 1. The number of ketones is 1. The van der Waals surface area contributed by atoms with Gasteiger partial charge in [-0.1, -0.05) is 6.07 Å². The average Bonchev–Trinajstić information content (AvgIpc) is 3.19. The van der Waals surface area contributed by atoms with Crippen LogP contribution in [0.4, 0.5) is 13.2 Å². The molecule has 0 aliphatic carbocycles. The first-order valence-corrected chi connectivity index (χ1v) is 11.4. The average molecular weight is 478 g/mol. The van der Waals surface area contributed by atoms with Crippen LogP contribution in [0.25, 0.3) is 0 Å². The zero-order valence-corrected chi connectivity index (χ0v) is 19.9. The van der Waals surface area contributed by atoms with Crippen LogP contribution in [0.2, 0.25) is 0 Å². The first-order chi connectivity index (χ1) is 15.8. The van der Waals surface area contributed by atoms with E-state index in [0.29, 0.717) is 50.3 Å². The Morgan fingerprint density at radius 2 is 1.65 bits per heavy atom. The summed E-state index contributed by atoms with van der Waals surface area (Å²) in [4.78, 5) is 29.0. The minimum absolute atomic E-state index is 0.109. The van der Waals surface area contributed by atoms with E-state index in [4.69, 9.17) is 0 Å². The van der Waals surface area contributed by atoms with E-state index in [2.05, 4.69) is 4.90 Å². The molecule has 9 heteroatoms. The summed E-state index contributed by atoms with van der Waals surface area (Å²) >= 11 is 0. The van der Waals surface area contributed by atoms with Gasteiger partial charge in [0.2, 0.25) is 0 Å². The van der Waals surface area contributed by atoms with Crippen LogP contribution in [0.3, 0.4) is 0 Å². The number of aromatic nitrogens is 1. The van der Waals surface area contributed by atoms with Gasteiger partial charge in [0, 0.05) is 37.4 Å². The third kappa shape index (κ3) is 4.05. The van der Waals surface area contributed by atoms with Crippen LogP contribution in [-0.2, 0) is 17.7 Å². The summed E-state index contributed by atoms with van der Waals surface area (Å²) in [6, 6.07) is 8.18. The third-order valence-electron chi connectivity index (χ3n) is 7.35. The van der Waals surface area contributed by atoms with Gasteiger partial charge in [0.25, 0.3) is 11.7 Å². The lowest BCUT2D eigenvalue weighted by atomic mass is 9.81. The molecule has 1 spiro atoms. The van der Waals surface area contributed by atoms with E-state index in [9.17, 15) is 27.9 Å². The van der Waals surface area contributed by atoms with E-state index in [1.807, 2.05) is 14.0 Å². The third-order valence-corrected chi connectivity index (χ3v) is 7.35. The number of nitrogens with zero attached hydrogens (tertiary/aromatic N) is 3. The second-order valence-electron chi connectivity index (χ2n) is 9.92. The van der Waals surface area contributed by atoms with E-state index >= 15 is 0 Å². The maximum absolute atomic E-state index is 13.2. The van der Waals surface area contributed by atoms with E-state index < -0.39 is 23.1 Å². The van der Waals surface area contributed by atoms with Gasteiger partial charge in [-0.2, -0.15) is 13.2 Å². The molecule has 6 nitrogen and oxygen atoms in total. The number of hydrogen-bond acceptors (Lipinski definition) is 4. The number of amides is 1. The number of hydrogen-bond donors (Lipinski definition) is 1. The highest BCUT2D eigenvalue weighted by molar-refractivity contribution is 5.99. The number of aryl methyl sites for hydroxylation is 1. The summed E-state index contributed by atoms with van der Waals surface area (Å²) < 4.78 is 40.8. The molecule has 1 aromatic carbocycles. The molecule has 34 heavy (non-hydrogen) atoms. The van der Waals surface area contributed by atoms with Crippen LogP contribution in [0, 0.1) is 6.92 Å². The normalized spacial score (nSPS) is 18.8. The molecule has 0 unspecified atom stereocenters. The predicted molar refractivity (Wildman–Crippen MR) is 121 cm³/mol. The van der Waals surface area contributed by atoms with Crippen LogP contribution in [0.15, 0.2) is 30.3 Å². The Kier molecular flexibility index (Phi) is 5.93. The second-order valence-corrected chi connectivity index (χ2v) is 9.92. The van der Waals surface area contributed by atoms with E-state index in [-0.39, 0.29) is 11.6 Å². The van der Waals surface area contributed by atoms with Crippen molar-refractivity contribution in [2.24, 2.45) is 0 Å². The molecular formula is C25H30F3N3O3. The summed E-state index contributed by atoms with van der Waals surface area (Å²) in [5, 5.41) is 10.3. The molecular weight excluding hydrogens is 447 g/mol. The fourth-order valence-corrected chi connectivity index (χ4v) is 5.50. The molecule has 1 amide bonds. The fourth-order valence-electron chi connectivity index (χ4n) is 5.50. The quantitative estimate of drug-likeness (QED) is 0.683. The molecule has 184 valence electrons. The van der Waals surface area contributed by atoms with Crippen molar-refractivity contribution in [2.75, 3.05) is 26.7 Å². The number of rotatable bonds is 3. The zero-order valence-electron chi connectivity index (χ0n) is 19.9. The van der Waals surface area contributed by atoms with Crippen molar-refractivity contribution in [3.63, 3.8) is 0 Å². The lowest BCUT2D eigenvalue weighted by Gasteiger charge is -2.50. The standard InChI is InChI=1S/C25H30F3N3O3/c1-16-15-17(5-6-18(16)23(2,3)34)22(33)30-11-9-24(10-12-30)20-8-7-19(21(32)25(26,27)28)31(20)14-13-29(24)4/h5-8,15,34H,9-14H2,1-4H3. The molecule has 2 aliphatic heterocycles. The summed E-state index contributed by atoms with van der Waals surface area (Å²) in [5.74, 6) is -1.93. The van der Waals surface area contributed by atoms with Gasteiger partial charge in [-0.25, -0.2) is 0 Å². The van der Waals surface area contributed by atoms with Crippen molar-refractivity contribution < 1.29 is 27.9 Å². The van der Waals surface area contributed by atoms with E-state index in [1.165, 1.54) is 10.6 Å². The Morgan fingerprint density at radius 1 is 1.00 bits per heavy atom. The largest absolute Gasteiger partial charge is 0.456 e. The second kappa shape index (κ2) is 8.23. The number of piperidine rings is 1. The molecule has 1 aromatic heterocycles. The number of likely N-dealkylation sites (N-methyl/N-ethyl adjacent to an activating group) is 1. The number of carbonyl (C=O) groups excluding carboxylic acids is 2. The molecule has 1 N–H and O–H groups in total. The molecule has 1 saturated heterocycles. The summed E-state index contributed by atoms with van der Waals surface area (Å²) in [5.41, 5.74) is 0.978. The molecule has 0 atom stereocenters. The minimum atomic E-state index is -4.92. The molecule has 0 radical (unpaired) electrons. The van der Waals surface area contributed by atoms with Crippen molar-refractivity contribution in [3.8, 4) is 0 Å². The lowest BCUT2D eigenvalue weighted by Crippen LogP contribution is -2.56. The predicted octanol–water partition coefficient (Wildman–Crippen LogP) is 3.85. The number of aliphatic hydroxyl groups is 1. The van der Waals surface area contributed by atoms with Crippen molar-refractivity contribution in [1.29, 1.82) is 0 Å². The fraction of sp³-hybridized carbons (Fsp3) is 0.520. The Morgan fingerprint density at radius 3 is 2.21 bits per heavy atom. The molecule has 4 rings (SSSR count). The van der Waals surface area contributed by atoms with Crippen LogP contribution in [0.5, 0.6) is 0 Å². The Labute approximate surface area is 197 Å². The van der Waals surface area contributed by atoms with Crippen LogP contribution < -0.4 is 0 Å². The monoisotopic (exact) mass is 477 g/mol. The minimum Gasteiger partial charge on any atom is -0.386 e. The smallest absolute Gasteiger partial charge is 0.386 e. The highest BCUT2D eigenvalue weighted by Gasteiger charge is 2.47. The van der Waals surface area contributed by atoms with Crippen LogP contribution in [-0.4, -0.2) is 64.0 Å². The zero-order chi connectivity index (χ0) is 25.1. The summed E-state index contributed by atoms with van der Waals surface area (Å²) in [7, 11) is 1.94. The number of alkyl halides is 3. The van der Waals surface area contributed by atoms with Crippen LogP contribution in [0.1, 0.15) is 64.4 Å². The number of halogens is 3. The van der Waals surface area contributed by atoms with Crippen molar-refractivity contribution in [2.45, 2.75) is 57.5 Å². The molecule has 0 bridgehead atoms. The molecule has 0 saturated carbocycles. The molecule has 2 aliphatic rings. The molecule has 3 heterocycles. The Bertz CT molecular complexity index is 1120.